The maximum atomic E-state index is 12.5. The molecule has 0 unspecified atom stereocenters. The van der Waals surface area contributed by atoms with Gasteiger partial charge in [0, 0.05) is 5.54 Å². The normalized spacial score (nSPS) is 19.5. The summed E-state index contributed by atoms with van der Waals surface area (Å²) in [6, 6.07) is 8.55. The first-order valence-electron chi connectivity index (χ1n) is 8.89. The lowest BCUT2D eigenvalue weighted by atomic mass is 10.0. The number of hydrogen-bond donors (Lipinski definition) is 1. The molecule has 0 spiro atoms. The van der Waals surface area contributed by atoms with Crippen LogP contribution in [0.3, 0.4) is 0 Å². The third kappa shape index (κ3) is 3.95. The summed E-state index contributed by atoms with van der Waals surface area (Å²) in [5.74, 6) is 0.120. The maximum absolute atomic E-state index is 12.5. The van der Waals surface area contributed by atoms with Gasteiger partial charge in [0.05, 0.1) is 22.8 Å². The van der Waals surface area contributed by atoms with Crippen molar-refractivity contribution in [2.75, 3.05) is 13.1 Å². The van der Waals surface area contributed by atoms with Gasteiger partial charge in [0.1, 0.15) is 5.01 Å². The summed E-state index contributed by atoms with van der Waals surface area (Å²) in [5, 5.41) is 4.31. The lowest BCUT2D eigenvalue weighted by molar-refractivity contribution is -0.124. The van der Waals surface area contributed by atoms with Gasteiger partial charge in [-0.15, -0.1) is 11.3 Å². The van der Waals surface area contributed by atoms with Crippen molar-refractivity contribution in [3.63, 3.8) is 0 Å². The molecule has 130 valence electrons. The van der Waals surface area contributed by atoms with E-state index in [1.165, 1.54) is 11.1 Å². The Kier molecular flexibility index (Phi) is 5.21. The van der Waals surface area contributed by atoms with Crippen LogP contribution in [0.15, 0.2) is 24.3 Å². The van der Waals surface area contributed by atoms with Crippen molar-refractivity contribution in [3.8, 4) is 0 Å². The quantitative estimate of drug-likeness (QED) is 0.886. The highest BCUT2D eigenvalue weighted by atomic mass is 32.1. The molecular weight excluding hydrogens is 318 g/mol. The molecular formula is C19H27N3OS. The molecule has 1 atom stereocenters. The summed E-state index contributed by atoms with van der Waals surface area (Å²) in [4.78, 5) is 19.6. The van der Waals surface area contributed by atoms with Crippen molar-refractivity contribution < 1.29 is 4.79 Å². The van der Waals surface area contributed by atoms with Gasteiger partial charge in [0.2, 0.25) is 5.91 Å². The Bertz CT molecular complexity index is 676. The van der Waals surface area contributed by atoms with Crippen molar-refractivity contribution in [3.05, 3.63) is 29.3 Å². The van der Waals surface area contributed by atoms with Crippen LogP contribution in [0.5, 0.6) is 0 Å². The second-order valence-corrected chi connectivity index (χ2v) is 8.35. The maximum Gasteiger partial charge on any atom is 0.234 e. The number of carbonyl (C=O) groups excluding carboxylic acids is 1. The molecule has 3 rings (SSSR count). The van der Waals surface area contributed by atoms with E-state index in [1.807, 2.05) is 6.07 Å². The molecule has 4 nitrogen and oxygen atoms in total. The molecule has 1 aliphatic rings. The van der Waals surface area contributed by atoms with Crippen LogP contribution in [-0.4, -0.2) is 34.4 Å². The third-order valence-electron chi connectivity index (χ3n) is 4.92. The van der Waals surface area contributed by atoms with E-state index in [4.69, 9.17) is 4.98 Å². The van der Waals surface area contributed by atoms with Crippen LogP contribution < -0.4 is 5.32 Å². The first-order chi connectivity index (χ1) is 11.5. The highest BCUT2D eigenvalue weighted by Crippen LogP contribution is 2.35. The molecule has 1 N–H and O–H groups in total. The Morgan fingerprint density at radius 3 is 2.92 bits per heavy atom. The van der Waals surface area contributed by atoms with Gasteiger partial charge >= 0.3 is 0 Å². The van der Waals surface area contributed by atoms with Crippen molar-refractivity contribution in [2.45, 2.75) is 58.0 Å². The van der Waals surface area contributed by atoms with E-state index in [1.54, 1.807) is 11.3 Å². The highest BCUT2D eigenvalue weighted by Gasteiger charge is 2.29. The summed E-state index contributed by atoms with van der Waals surface area (Å²) >= 11 is 1.77. The van der Waals surface area contributed by atoms with Crippen molar-refractivity contribution in [1.82, 2.24) is 15.2 Å². The smallest absolute Gasteiger partial charge is 0.234 e. The van der Waals surface area contributed by atoms with Gasteiger partial charge < -0.3 is 5.32 Å². The van der Waals surface area contributed by atoms with E-state index in [2.05, 4.69) is 49.2 Å². The molecule has 1 aromatic heterocycles. The Labute approximate surface area is 148 Å². The molecule has 0 saturated carbocycles. The molecule has 0 radical (unpaired) electrons. The van der Waals surface area contributed by atoms with Crippen LogP contribution in [-0.2, 0) is 4.79 Å². The Morgan fingerprint density at radius 2 is 2.17 bits per heavy atom. The zero-order chi connectivity index (χ0) is 17.2. The van der Waals surface area contributed by atoms with E-state index in [9.17, 15) is 4.79 Å². The molecule has 0 bridgehead atoms. The van der Waals surface area contributed by atoms with Gasteiger partial charge in [-0.05, 0) is 51.8 Å². The number of piperidine rings is 1. The second kappa shape index (κ2) is 7.19. The number of hydrogen-bond acceptors (Lipinski definition) is 4. The van der Waals surface area contributed by atoms with Crippen LogP contribution in [0.1, 0.15) is 57.5 Å². The fourth-order valence-corrected chi connectivity index (χ4v) is 4.32. The van der Waals surface area contributed by atoms with E-state index in [0.717, 1.165) is 36.3 Å². The molecule has 1 saturated heterocycles. The number of carbonyl (C=O) groups is 1. The van der Waals surface area contributed by atoms with E-state index in [-0.39, 0.29) is 17.5 Å². The van der Waals surface area contributed by atoms with Crippen molar-refractivity contribution in [1.29, 1.82) is 0 Å². The van der Waals surface area contributed by atoms with Crippen LogP contribution in [0.25, 0.3) is 10.2 Å². The standard InChI is InChI=1S/C19H27N3OS/c1-4-19(2,3)21-17(23)13-22-12-8-7-10-15(22)18-20-14-9-5-6-11-16(14)24-18/h5-6,9,11,15H,4,7-8,10,12-13H2,1-3H3,(H,21,23)/t15-/m0/s1. The molecule has 1 fully saturated rings. The first kappa shape index (κ1) is 17.4. The van der Waals surface area contributed by atoms with E-state index >= 15 is 0 Å². The number of aromatic nitrogens is 1. The van der Waals surface area contributed by atoms with Gasteiger partial charge in [0.15, 0.2) is 0 Å². The average molecular weight is 346 g/mol. The van der Waals surface area contributed by atoms with Gasteiger partial charge in [0.25, 0.3) is 0 Å². The summed E-state index contributed by atoms with van der Waals surface area (Å²) < 4.78 is 1.23. The zero-order valence-electron chi connectivity index (χ0n) is 14.8. The molecule has 24 heavy (non-hydrogen) atoms. The monoisotopic (exact) mass is 345 g/mol. The van der Waals surface area contributed by atoms with Crippen molar-refractivity contribution in [2.24, 2.45) is 0 Å². The Hall–Kier alpha value is -1.46. The van der Waals surface area contributed by atoms with Crippen LogP contribution in [0, 0.1) is 0 Å². The number of fused-ring (bicyclic) bond motifs is 1. The van der Waals surface area contributed by atoms with Gasteiger partial charge in [-0.25, -0.2) is 4.98 Å². The summed E-state index contributed by atoms with van der Waals surface area (Å²) in [5.41, 5.74) is 0.928. The van der Waals surface area contributed by atoms with Crippen LogP contribution in [0.2, 0.25) is 0 Å². The molecule has 0 aliphatic carbocycles. The number of benzene rings is 1. The summed E-state index contributed by atoms with van der Waals surface area (Å²) in [6.07, 6.45) is 4.38. The Balaban J connectivity index is 1.74. The van der Waals surface area contributed by atoms with E-state index < -0.39 is 0 Å². The minimum Gasteiger partial charge on any atom is -0.350 e. The highest BCUT2D eigenvalue weighted by molar-refractivity contribution is 7.18. The number of thiazole rings is 1. The number of likely N-dealkylation sites (tertiary alicyclic amines) is 1. The number of rotatable bonds is 5. The molecule has 5 heteroatoms. The first-order valence-corrected chi connectivity index (χ1v) is 9.71. The molecule has 2 aromatic rings. The third-order valence-corrected chi connectivity index (χ3v) is 6.06. The van der Waals surface area contributed by atoms with Gasteiger partial charge in [-0.2, -0.15) is 0 Å². The minimum atomic E-state index is -0.141. The second-order valence-electron chi connectivity index (χ2n) is 7.29. The molecule has 1 aromatic carbocycles. The number of amides is 1. The van der Waals surface area contributed by atoms with Crippen molar-refractivity contribution >= 4 is 27.5 Å². The SMILES string of the molecule is CCC(C)(C)NC(=O)CN1CCCC[C@H]1c1nc2ccccc2s1. The molecule has 1 amide bonds. The lowest BCUT2D eigenvalue weighted by Gasteiger charge is -2.35. The largest absolute Gasteiger partial charge is 0.350 e. The fourth-order valence-electron chi connectivity index (χ4n) is 3.18. The molecule has 1 aliphatic heterocycles. The van der Waals surface area contributed by atoms with Crippen LogP contribution >= 0.6 is 11.3 Å². The van der Waals surface area contributed by atoms with Gasteiger partial charge in [-0.3, -0.25) is 9.69 Å². The number of nitrogens with one attached hydrogen (secondary N) is 1. The number of nitrogens with zero attached hydrogens (tertiary/aromatic N) is 2. The minimum absolute atomic E-state index is 0.120. The van der Waals surface area contributed by atoms with E-state index in [0.29, 0.717) is 6.54 Å². The van der Waals surface area contributed by atoms with Crippen LogP contribution in [0.4, 0.5) is 0 Å². The zero-order valence-corrected chi connectivity index (χ0v) is 15.7. The summed E-state index contributed by atoms with van der Waals surface area (Å²) in [6.45, 7) is 7.69. The lowest BCUT2D eigenvalue weighted by Crippen LogP contribution is -2.48. The Morgan fingerprint density at radius 1 is 1.38 bits per heavy atom. The fraction of sp³-hybridized carbons (Fsp3) is 0.579. The topological polar surface area (TPSA) is 45.2 Å². The molecule has 2 heterocycles. The predicted molar refractivity (Wildman–Crippen MR) is 100 cm³/mol. The average Bonchev–Trinajstić information content (AvgIpc) is 2.98. The van der Waals surface area contributed by atoms with Gasteiger partial charge in [-0.1, -0.05) is 25.5 Å². The summed E-state index contributed by atoms with van der Waals surface area (Å²) in [7, 11) is 0. The predicted octanol–water partition coefficient (Wildman–Crippen LogP) is 4.13. The number of para-hydroxylation sites is 1.